The first-order valence-electron chi connectivity index (χ1n) is 7.64. The lowest BCUT2D eigenvalue weighted by molar-refractivity contribution is 0.117. The molecule has 2 aromatic rings. The molecule has 1 heterocycles. The van der Waals surface area contributed by atoms with Crippen LogP contribution in [0.1, 0.15) is 44.4 Å². The van der Waals surface area contributed by atoms with Crippen molar-refractivity contribution < 1.29 is 9.15 Å². The number of fused-ring (bicyclic) bond motifs is 1. The van der Waals surface area contributed by atoms with Crippen molar-refractivity contribution in [2.75, 3.05) is 13.2 Å². The predicted molar refractivity (Wildman–Crippen MR) is 82.8 cm³/mol. The Kier molecular flexibility index (Phi) is 6.09. The Bertz CT molecular complexity index is 519. The molecule has 1 aromatic carbocycles. The molecule has 0 saturated carbocycles. The van der Waals surface area contributed by atoms with Gasteiger partial charge in [-0.05, 0) is 25.5 Å². The van der Waals surface area contributed by atoms with E-state index in [4.69, 9.17) is 9.15 Å². The van der Waals surface area contributed by atoms with Gasteiger partial charge in [-0.3, -0.25) is 0 Å². The summed E-state index contributed by atoms with van der Waals surface area (Å²) >= 11 is 0. The van der Waals surface area contributed by atoms with Crippen molar-refractivity contribution in [1.82, 2.24) is 5.32 Å². The van der Waals surface area contributed by atoms with Crippen LogP contribution in [0.2, 0.25) is 0 Å². The van der Waals surface area contributed by atoms with Crippen LogP contribution in [0.25, 0.3) is 11.0 Å². The zero-order chi connectivity index (χ0) is 14.2. The minimum absolute atomic E-state index is 0.639. The Morgan fingerprint density at radius 2 is 2.00 bits per heavy atom. The summed E-state index contributed by atoms with van der Waals surface area (Å²) in [6.45, 7) is 7.58. The number of nitrogens with one attached hydrogen (secondary N) is 1. The standard InChI is InChI=1S/C17H25NO2/c1-3-5-11-19-13-15-14-8-6-7-9-16(14)20-17(15)12-18-10-4-2/h6-9,18H,3-5,10-13H2,1-2H3. The van der Waals surface area contributed by atoms with Gasteiger partial charge in [-0.15, -0.1) is 0 Å². The Hall–Kier alpha value is -1.32. The highest BCUT2D eigenvalue weighted by Gasteiger charge is 2.13. The molecule has 1 aromatic heterocycles. The van der Waals surface area contributed by atoms with Crippen LogP contribution in [0.5, 0.6) is 0 Å². The monoisotopic (exact) mass is 275 g/mol. The van der Waals surface area contributed by atoms with E-state index in [1.165, 1.54) is 10.9 Å². The van der Waals surface area contributed by atoms with Crippen molar-refractivity contribution in [2.45, 2.75) is 46.3 Å². The molecule has 0 radical (unpaired) electrons. The first-order chi connectivity index (χ1) is 9.86. The van der Waals surface area contributed by atoms with E-state index in [9.17, 15) is 0 Å². The summed E-state index contributed by atoms with van der Waals surface area (Å²) < 4.78 is 11.7. The van der Waals surface area contributed by atoms with Gasteiger partial charge < -0.3 is 14.5 Å². The molecule has 0 amide bonds. The first-order valence-corrected chi connectivity index (χ1v) is 7.64. The number of unbranched alkanes of at least 4 members (excludes halogenated alkanes) is 1. The number of ether oxygens (including phenoxy) is 1. The van der Waals surface area contributed by atoms with Crippen molar-refractivity contribution in [3.8, 4) is 0 Å². The summed E-state index contributed by atoms with van der Waals surface area (Å²) in [7, 11) is 0. The van der Waals surface area contributed by atoms with E-state index in [0.29, 0.717) is 6.61 Å². The minimum Gasteiger partial charge on any atom is -0.459 e. The van der Waals surface area contributed by atoms with Crippen molar-refractivity contribution in [2.24, 2.45) is 0 Å². The van der Waals surface area contributed by atoms with Gasteiger partial charge in [0.15, 0.2) is 0 Å². The van der Waals surface area contributed by atoms with E-state index in [1.54, 1.807) is 0 Å². The molecule has 110 valence electrons. The van der Waals surface area contributed by atoms with E-state index in [-0.39, 0.29) is 0 Å². The molecule has 3 heteroatoms. The van der Waals surface area contributed by atoms with Gasteiger partial charge in [0.2, 0.25) is 0 Å². The number of hydrogen-bond acceptors (Lipinski definition) is 3. The summed E-state index contributed by atoms with van der Waals surface area (Å²) in [4.78, 5) is 0. The largest absolute Gasteiger partial charge is 0.459 e. The highest BCUT2D eigenvalue weighted by atomic mass is 16.5. The highest BCUT2D eigenvalue weighted by Crippen LogP contribution is 2.26. The molecule has 0 unspecified atom stereocenters. The summed E-state index contributed by atoms with van der Waals surface area (Å²) in [5.74, 6) is 1.01. The van der Waals surface area contributed by atoms with Crippen LogP contribution in [0.15, 0.2) is 28.7 Å². The second-order valence-electron chi connectivity index (χ2n) is 5.08. The lowest BCUT2D eigenvalue weighted by atomic mass is 10.1. The molecule has 0 aliphatic rings. The maximum Gasteiger partial charge on any atom is 0.134 e. The number of furan rings is 1. The molecule has 2 rings (SSSR count). The molecule has 0 aliphatic carbocycles. The summed E-state index contributed by atoms with van der Waals surface area (Å²) in [5, 5.41) is 4.58. The third-order valence-corrected chi connectivity index (χ3v) is 3.38. The van der Waals surface area contributed by atoms with Gasteiger partial charge in [-0.1, -0.05) is 38.5 Å². The first kappa shape index (κ1) is 15.1. The van der Waals surface area contributed by atoms with Gasteiger partial charge >= 0.3 is 0 Å². The molecule has 0 bridgehead atoms. The smallest absolute Gasteiger partial charge is 0.134 e. The minimum atomic E-state index is 0.639. The van der Waals surface area contributed by atoms with Crippen molar-refractivity contribution in [3.63, 3.8) is 0 Å². The lowest BCUT2D eigenvalue weighted by Gasteiger charge is -2.06. The Morgan fingerprint density at radius 3 is 2.80 bits per heavy atom. The van der Waals surface area contributed by atoms with Gasteiger partial charge in [0.1, 0.15) is 11.3 Å². The van der Waals surface area contributed by atoms with E-state index in [2.05, 4.69) is 31.3 Å². The van der Waals surface area contributed by atoms with Crippen LogP contribution in [0, 0.1) is 0 Å². The van der Waals surface area contributed by atoms with E-state index < -0.39 is 0 Å². The maximum absolute atomic E-state index is 5.96. The molecule has 0 fully saturated rings. The number of para-hydroxylation sites is 1. The SMILES string of the molecule is CCCCOCc1c(CNCCC)oc2ccccc12. The van der Waals surface area contributed by atoms with Crippen LogP contribution in [-0.4, -0.2) is 13.2 Å². The highest BCUT2D eigenvalue weighted by molar-refractivity contribution is 5.82. The molecular formula is C17H25NO2. The van der Waals surface area contributed by atoms with E-state index >= 15 is 0 Å². The summed E-state index contributed by atoms with van der Waals surface area (Å²) in [5.41, 5.74) is 2.15. The predicted octanol–water partition coefficient (Wildman–Crippen LogP) is 4.25. The van der Waals surface area contributed by atoms with E-state index in [1.807, 2.05) is 12.1 Å². The van der Waals surface area contributed by atoms with Crippen LogP contribution < -0.4 is 5.32 Å². The third-order valence-electron chi connectivity index (χ3n) is 3.38. The maximum atomic E-state index is 5.96. The van der Waals surface area contributed by atoms with Crippen LogP contribution in [-0.2, 0) is 17.9 Å². The summed E-state index contributed by atoms with van der Waals surface area (Å²) in [6.07, 6.45) is 3.40. The molecule has 0 aliphatic heterocycles. The fourth-order valence-corrected chi connectivity index (χ4v) is 2.25. The third kappa shape index (κ3) is 3.84. The van der Waals surface area contributed by atoms with E-state index in [0.717, 1.165) is 50.3 Å². The van der Waals surface area contributed by atoms with Crippen molar-refractivity contribution in [1.29, 1.82) is 0 Å². The second kappa shape index (κ2) is 8.08. The molecule has 3 nitrogen and oxygen atoms in total. The number of rotatable bonds is 9. The van der Waals surface area contributed by atoms with Crippen LogP contribution in [0.4, 0.5) is 0 Å². The van der Waals surface area contributed by atoms with Crippen molar-refractivity contribution in [3.05, 3.63) is 35.6 Å². The fraction of sp³-hybridized carbons (Fsp3) is 0.529. The van der Waals surface area contributed by atoms with Gasteiger partial charge in [0, 0.05) is 17.6 Å². The molecule has 0 saturated heterocycles. The normalized spacial score (nSPS) is 11.3. The number of benzene rings is 1. The van der Waals surface area contributed by atoms with Crippen LogP contribution >= 0.6 is 0 Å². The Balaban J connectivity index is 2.11. The van der Waals surface area contributed by atoms with Gasteiger partial charge in [-0.2, -0.15) is 0 Å². The molecule has 1 N–H and O–H groups in total. The Morgan fingerprint density at radius 1 is 1.15 bits per heavy atom. The fourth-order valence-electron chi connectivity index (χ4n) is 2.25. The zero-order valence-corrected chi connectivity index (χ0v) is 12.6. The lowest BCUT2D eigenvalue weighted by Crippen LogP contribution is -2.14. The quantitative estimate of drug-likeness (QED) is 0.695. The zero-order valence-electron chi connectivity index (χ0n) is 12.6. The molecular weight excluding hydrogens is 250 g/mol. The molecule has 20 heavy (non-hydrogen) atoms. The average molecular weight is 275 g/mol. The molecule has 0 spiro atoms. The topological polar surface area (TPSA) is 34.4 Å². The average Bonchev–Trinajstić information content (AvgIpc) is 2.82. The van der Waals surface area contributed by atoms with Crippen molar-refractivity contribution >= 4 is 11.0 Å². The van der Waals surface area contributed by atoms with Crippen LogP contribution in [0.3, 0.4) is 0 Å². The van der Waals surface area contributed by atoms with Gasteiger partial charge in [0.25, 0.3) is 0 Å². The van der Waals surface area contributed by atoms with Gasteiger partial charge in [0.05, 0.1) is 13.2 Å². The summed E-state index contributed by atoms with van der Waals surface area (Å²) in [6, 6.07) is 8.20. The second-order valence-corrected chi connectivity index (χ2v) is 5.08. The molecule has 0 atom stereocenters. The Labute approximate surface area is 121 Å². The van der Waals surface area contributed by atoms with Gasteiger partial charge in [-0.25, -0.2) is 0 Å². The number of hydrogen-bond donors (Lipinski definition) is 1.